The van der Waals surface area contributed by atoms with Crippen LogP contribution in [0.2, 0.25) is 0 Å². The molecule has 0 spiro atoms. The number of benzene rings is 2. The molecule has 0 saturated carbocycles. The molecule has 0 aliphatic carbocycles. The van der Waals surface area contributed by atoms with Crippen LogP contribution in [-0.4, -0.2) is 14.8 Å². The number of anilines is 1. The van der Waals surface area contributed by atoms with Gasteiger partial charge in [0.1, 0.15) is 17.0 Å². The predicted octanol–water partition coefficient (Wildman–Crippen LogP) is 5.93. The Morgan fingerprint density at radius 1 is 0.844 bits per heavy atom. The Balaban J connectivity index is 0.000000165. The van der Waals surface area contributed by atoms with Crippen molar-refractivity contribution in [3.63, 3.8) is 0 Å². The van der Waals surface area contributed by atoms with Crippen molar-refractivity contribution in [1.29, 1.82) is 0 Å². The zero-order valence-electron chi connectivity index (χ0n) is 16.1. The molecule has 10 nitrogen and oxygen atoms in total. The summed E-state index contributed by atoms with van der Waals surface area (Å²) in [5, 5.41) is 22.9. The number of nitro groups is 2. The molecule has 3 aromatic heterocycles. The first-order chi connectivity index (χ1) is 15.3. The number of nitro benzene ring substituents is 2. The normalized spacial score (nSPS) is 10.7. The van der Waals surface area contributed by atoms with E-state index in [0.717, 1.165) is 14.5 Å². The molecule has 0 saturated heterocycles. The van der Waals surface area contributed by atoms with Gasteiger partial charge in [-0.3, -0.25) is 20.2 Å². The fourth-order valence-corrected chi connectivity index (χ4v) is 3.84. The van der Waals surface area contributed by atoms with Crippen molar-refractivity contribution in [3.05, 3.63) is 91.1 Å². The molecular formula is C21H13IN4O6. The van der Waals surface area contributed by atoms with Crippen LogP contribution in [0.15, 0.2) is 76.1 Å². The van der Waals surface area contributed by atoms with Gasteiger partial charge in [0.05, 0.1) is 25.9 Å². The average Bonchev–Trinajstić information content (AvgIpc) is 3.43. The van der Waals surface area contributed by atoms with Gasteiger partial charge in [0.2, 0.25) is 0 Å². The van der Waals surface area contributed by atoms with Crippen molar-refractivity contribution >= 4 is 61.7 Å². The molecule has 0 radical (unpaired) electrons. The van der Waals surface area contributed by atoms with Gasteiger partial charge in [0, 0.05) is 52.4 Å². The summed E-state index contributed by atoms with van der Waals surface area (Å²) in [4.78, 5) is 24.6. The summed E-state index contributed by atoms with van der Waals surface area (Å²) >= 11 is 2.02. The number of hydrogen-bond donors (Lipinski definition) is 1. The van der Waals surface area contributed by atoms with E-state index in [0.29, 0.717) is 27.9 Å². The number of nitrogen functional groups attached to an aromatic ring is 1. The second kappa shape index (κ2) is 8.63. The Morgan fingerprint density at radius 3 is 2.03 bits per heavy atom. The Labute approximate surface area is 193 Å². The summed E-state index contributed by atoms with van der Waals surface area (Å²) < 4.78 is 11.3. The first-order valence-corrected chi connectivity index (χ1v) is 10.1. The largest absolute Gasteiger partial charge is 0.464 e. The number of rotatable bonds is 3. The first kappa shape index (κ1) is 21.2. The lowest BCUT2D eigenvalue weighted by molar-refractivity contribution is -0.384. The van der Waals surface area contributed by atoms with E-state index in [2.05, 4.69) is 4.98 Å². The van der Waals surface area contributed by atoms with E-state index in [4.69, 9.17) is 14.6 Å². The van der Waals surface area contributed by atoms with Crippen molar-refractivity contribution < 1.29 is 18.7 Å². The van der Waals surface area contributed by atoms with Gasteiger partial charge in [-0.25, -0.2) is 4.98 Å². The third kappa shape index (κ3) is 4.23. The number of nitrogens with two attached hydrogens (primary N) is 1. The summed E-state index contributed by atoms with van der Waals surface area (Å²) in [7, 11) is 0. The maximum absolute atomic E-state index is 10.9. The summed E-state index contributed by atoms with van der Waals surface area (Å²) in [6.07, 6.45) is 4.59. The molecule has 160 valence electrons. The fraction of sp³-hybridized carbons (Fsp3) is 0. The molecule has 0 aliphatic rings. The molecular weight excluding hydrogens is 531 g/mol. The van der Waals surface area contributed by atoms with Gasteiger partial charge in [-0.05, 0) is 46.9 Å². The van der Waals surface area contributed by atoms with Gasteiger partial charge in [-0.1, -0.05) is 0 Å². The van der Waals surface area contributed by atoms with Crippen molar-refractivity contribution in [2.45, 2.75) is 0 Å². The molecule has 5 rings (SSSR count). The highest BCUT2D eigenvalue weighted by molar-refractivity contribution is 14.1. The van der Waals surface area contributed by atoms with Crippen LogP contribution in [-0.2, 0) is 0 Å². The van der Waals surface area contributed by atoms with E-state index in [1.54, 1.807) is 30.5 Å². The highest BCUT2D eigenvalue weighted by Crippen LogP contribution is 2.33. The topological polar surface area (TPSA) is 151 Å². The predicted molar refractivity (Wildman–Crippen MR) is 126 cm³/mol. The summed E-state index contributed by atoms with van der Waals surface area (Å²) in [5.74, 6) is 0.393. The molecule has 0 fully saturated rings. The zero-order chi connectivity index (χ0) is 22.8. The number of nitrogens with zero attached hydrogens (tertiary/aromatic N) is 3. The lowest BCUT2D eigenvalue weighted by atomic mass is 10.0. The van der Waals surface area contributed by atoms with Crippen molar-refractivity contribution in [2.75, 3.05) is 5.73 Å². The first-order valence-electron chi connectivity index (χ1n) is 9.02. The van der Waals surface area contributed by atoms with Gasteiger partial charge >= 0.3 is 0 Å². The SMILES string of the molecule is Nc1ccc(-c2cc([N+](=O)[O-])cc3ccoc23)cn1.O=[N+]([O-])c1cc(I)c2occc2c1. The zero-order valence-corrected chi connectivity index (χ0v) is 18.3. The van der Waals surface area contributed by atoms with Crippen LogP contribution in [0, 0.1) is 23.8 Å². The maximum Gasteiger partial charge on any atom is 0.271 e. The van der Waals surface area contributed by atoms with Crippen LogP contribution < -0.4 is 5.73 Å². The lowest BCUT2D eigenvalue weighted by Crippen LogP contribution is -1.91. The molecule has 5 aromatic rings. The molecule has 0 unspecified atom stereocenters. The van der Waals surface area contributed by atoms with Crippen LogP contribution >= 0.6 is 22.6 Å². The van der Waals surface area contributed by atoms with Gasteiger partial charge < -0.3 is 14.6 Å². The van der Waals surface area contributed by atoms with E-state index in [1.165, 1.54) is 36.8 Å². The fourth-order valence-electron chi connectivity index (χ4n) is 3.08. The van der Waals surface area contributed by atoms with E-state index in [1.807, 2.05) is 22.6 Å². The quantitative estimate of drug-likeness (QED) is 0.167. The minimum Gasteiger partial charge on any atom is -0.464 e. The second-order valence-corrected chi connectivity index (χ2v) is 7.75. The standard InChI is InChI=1S/C13H9N3O3.C8H4INO3/c14-12-2-1-9(7-15-12)11-6-10(16(17)18)5-8-3-4-19-13(8)11;9-7-4-6(10(11)12)3-5-1-2-13-8(5)7/h1-7H,(H2,14,15);1-4H. The van der Waals surface area contributed by atoms with Gasteiger partial charge in [0.15, 0.2) is 0 Å². The summed E-state index contributed by atoms with van der Waals surface area (Å²) in [6.45, 7) is 0. The summed E-state index contributed by atoms with van der Waals surface area (Å²) in [5.41, 5.74) is 8.28. The minimum atomic E-state index is -0.430. The molecule has 2 N–H and O–H groups in total. The van der Waals surface area contributed by atoms with Crippen LogP contribution in [0.1, 0.15) is 0 Å². The van der Waals surface area contributed by atoms with Gasteiger partial charge in [-0.2, -0.15) is 0 Å². The van der Waals surface area contributed by atoms with E-state index in [9.17, 15) is 20.2 Å². The number of halogens is 1. The second-order valence-electron chi connectivity index (χ2n) is 6.58. The summed E-state index contributed by atoms with van der Waals surface area (Å²) in [6, 6.07) is 12.7. The molecule has 11 heteroatoms. The van der Waals surface area contributed by atoms with Crippen molar-refractivity contribution in [2.24, 2.45) is 0 Å². The number of fused-ring (bicyclic) bond motifs is 2. The molecule has 3 heterocycles. The van der Waals surface area contributed by atoms with Crippen molar-refractivity contribution in [1.82, 2.24) is 4.98 Å². The number of hydrogen-bond acceptors (Lipinski definition) is 8. The molecule has 0 atom stereocenters. The number of furan rings is 2. The third-order valence-electron chi connectivity index (χ3n) is 4.55. The van der Waals surface area contributed by atoms with Gasteiger partial charge in [0.25, 0.3) is 11.4 Å². The van der Waals surface area contributed by atoms with Crippen molar-refractivity contribution in [3.8, 4) is 11.1 Å². The smallest absolute Gasteiger partial charge is 0.271 e. The Kier molecular flexibility index (Phi) is 5.73. The van der Waals surface area contributed by atoms with Crippen LogP contribution in [0.4, 0.5) is 17.2 Å². The number of pyridine rings is 1. The minimum absolute atomic E-state index is 0.0146. The molecule has 32 heavy (non-hydrogen) atoms. The maximum atomic E-state index is 10.9. The van der Waals surface area contributed by atoms with Crippen LogP contribution in [0.5, 0.6) is 0 Å². The molecule has 0 amide bonds. The number of non-ortho nitro benzene ring substituents is 2. The monoisotopic (exact) mass is 544 g/mol. The van der Waals surface area contributed by atoms with Gasteiger partial charge in [-0.15, -0.1) is 0 Å². The highest BCUT2D eigenvalue weighted by Gasteiger charge is 2.15. The van der Waals surface area contributed by atoms with E-state index < -0.39 is 9.85 Å². The average molecular weight is 544 g/mol. The van der Waals surface area contributed by atoms with Crippen LogP contribution in [0.3, 0.4) is 0 Å². The number of aromatic nitrogens is 1. The van der Waals surface area contributed by atoms with E-state index in [-0.39, 0.29) is 11.4 Å². The molecule has 0 bridgehead atoms. The molecule has 2 aromatic carbocycles. The van der Waals surface area contributed by atoms with Crippen LogP contribution in [0.25, 0.3) is 33.1 Å². The Morgan fingerprint density at radius 2 is 1.44 bits per heavy atom. The third-order valence-corrected chi connectivity index (χ3v) is 5.35. The highest BCUT2D eigenvalue weighted by atomic mass is 127. The molecule has 0 aliphatic heterocycles. The Bertz CT molecular complexity index is 1460. The Hall–Kier alpha value is -4.00. The van der Waals surface area contributed by atoms with E-state index >= 15 is 0 Å². The lowest BCUT2D eigenvalue weighted by Gasteiger charge is -2.03.